The van der Waals surface area contributed by atoms with Crippen LogP contribution in [0.1, 0.15) is 17.8 Å². The lowest BCUT2D eigenvalue weighted by Crippen LogP contribution is -2.22. The molecular formula is C12H15BrN4S. The van der Waals surface area contributed by atoms with Gasteiger partial charge in [-0.3, -0.25) is 0 Å². The van der Waals surface area contributed by atoms with Crippen LogP contribution in [0.15, 0.2) is 28.3 Å². The molecule has 0 aliphatic rings. The molecule has 2 aromatic rings. The van der Waals surface area contributed by atoms with Gasteiger partial charge in [0.25, 0.3) is 0 Å². The topological polar surface area (TPSA) is 41.1 Å². The van der Waals surface area contributed by atoms with Crippen molar-refractivity contribution < 1.29 is 0 Å². The molecule has 0 aliphatic carbocycles. The molecule has 2 heterocycles. The van der Waals surface area contributed by atoms with Gasteiger partial charge in [-0.1, -0.05) is 6.07 Å². The Bertz CT molecular complexity index is 515. The highest BCUT2D eigenvalue weighted by Crippen LogP contribution is 2.34. The predicted molar refractivity (Wildman–Crippen MR) is 80.4 cm³/mol. The predicted octanol–water partition coefficient (Wildman–Crippen LogP) is 3.54. The van der Waals surface area contributed by atoms with Gasteiger partial charge in [-0.05, 0) is 34.3 Å². The minimum absolute atomic E-state index is 0.279. The van der Waals surface area contributed by atoms with Crippen LogP contribution in [0, 0.1) is 0 Å². The molecule has 0 saturated carbocycles. The van der Waals surface area contributed by atoms with E-state index in [-0.39, 0.29) is 6.04 Å². The van der Waals surface area contributed by atoms with E-state index in [1.54, 1.807) is 17.7 Å². The molecule has 0 fully saturated rings. The summed E-state index contributed by atoms with van der Waals surface area (Å²) in [6, 6.07) is 4.49. The largest absolute Gasteiger partial charge is 0.372 e. The molecular weight excluding hydrogens is 312 g/mol. The van der Waals surface area contributed by atoms with Crippen LogP contribution in [0.4, 0.5) is 11.6 Å². The second-order valence-electron chi connectivity index (χ2n) is 3.91. The van der Waals surface area contributed by atoms with E-state index in [1.165, 1.54) is 4.88 Å². The van der Waals surface area contributed by atoms with Crippen LogP contribution in [0.5, 0.6) is 0 Å². The number of thiophene rings is 1. The van der Waals surface area contributed by atoms with Crippen LogP contribution in [0.2, 0.25) is 0 Å². The lowest BCUT2D eigenvalue weighted by molar-refractivity contribution is 0.738. The molecule has 1 unspecified atom stereocenters. The van der Waals surface area contributed by atoms with Crippen molar-refractivity contribution in [3.05, 3.63) is 33.2 Å². The van der Waals surface area contributed by atoms with E-state index in [1.807, 2.05) is 14.1 Å². The minimum Gasteiger partial charge on any atom is -0.372 e. The van der Waals surface area contributed by atoms with Crippen LogP contribution < -0.4 is 10.2 Å². The van der Waals surface area contributed by atoms with Gasteiger partial charge in [0.15, 0.2) is 0 Å². The third-order valence-corrected chi connectivity index (χ3v) is 4.65. The Morgan fingerprint density at radius 2 is 2.22 bits per heavy atom. The van der Waals surface area contributed by atoms with Gasteiger partial charge in [-0.15, -0.1) is 11.3 Å². The third kappa shape index (κ3) is 2.49. The van der Waals surface area contributed by atoms with Crippen molar-refractivity contribution in [2.45, 2.75) is 13.0 Å². The highest BCUT2D eigenvalue weighted by atomic mass is 79.9. The van der Waals surface area contributed by atoms with Crippen molar-refractivity contribution in [2.75, 3.05) is 24.3 Å². The second-order valence-corrected chi connectivity index (χ2v) is 5.68. The summed E-state index contributed by atoms with van der Waals surface area (Å²) >= 11 is 5.30. The summed E-state index contributed by atoms with van der Waals surface area (Å²) in [5.74, 6) is 1.68. The minimum atomic E-state index is 0.279. The monoisotopic (exact) mass is 326 g/mol. The summed E-state index contributed by atoms with van der Waals surface area (Å²) in [6.07, 6.45) is 1.57. The SMILES string of the molecule is CNc1ncnc(N(C)C(C)c2cccs2)c1Br. The van der Waals surface area contributed by atoms with Gasteiger partial charge in [-0.2, -0.15) is 0 Å². The number of rotatable bonds is 4. The van der Waals surface area contributed by atoms with Crippen molar-refractivity contribution in [3.8, 4) is 0 Å². The first-order valence-electron chi connectivity index (χ1n) is 5.59. The van der Waals surface area contributed by atoms with Crippen LogP contribution >= 0.6 is 27.3 Å². The summed E-state index contributed by atoms with van der Waals surface area (Å²) < 4.78 is 0.887. The maximum Gasteiger partial charge on any atom is 0.148 e. The average molecular weight is 327 g/mol. The smallest absolute Gasteiger partial charge is 0.148 e. The van der Waals surface area contributed by atoms with E-state index >= 15 is 0 Å². The molecule has 18 heavy (non-hydrogen) atoms. The second kappa shape index (κ2) is 5.67. The molecule has 1 atom stereocenters. The number of anilines is 2. The van der Waals surface area contributed by atoms with Crippen molar-refractivity contribution in [1.82, 2.24) is 9.97 Å². The van der Waals surface area contributed by atoms with Crippen LogP contribution in [-0.4, -0.2) is 24.1 Å². The number of hydrogen-bond acceptors (Lipinski definition) is 5. The molecule has 0 amide bonds. The Balaban J connectivity index is 2.31. The first kappa shape index (κ1) is 13.3. The fourth-order valence-corrected chi connectivity index (χ4v) is 3.19. The maximum absolute atomic E-state index is 4.35. The van der Waals surface area contributed by atoms with Crippen LogP contribution in [0.25, 0.3) is 0 Å². The molecule has 4 nitrogen and oxygen atoms in total. The molecule has 1 N–H and O–H groups in total. The van der Waals surface area contributed by atoms with E-state index in [4.69, 9.17) is 0 Å². The van der Waals surface area contributed by atoms with Gasteiger partial charge in [0.05, 0.1) is 6.04 Å². The molecule has 96 valence electrons. The first-order valence-corrected chi connectivity index (χ1v) is 7.27. The summed E-state index contributed by atoms with van der Waals surface area (Å²) in [5.41, 5.74) is 0. The Morgan fingerprint density at radius 1 is 1.44 bits per heavy atom. The average Bonchev–Trinajstić information content (AvgIpc) is 2.91. The van der Waals surface area contributed by atoms with E-state index in [0.29, 0.717) is 0 Å². The van der Waals surface area contributed by atoms with Gasteiger partial charge in [0.2, 0.25) is 0 Å². The fraction of sp³-hybridized carbons (Fsp3) is 0.333. The number of nitrogens with zero attached hydrogens (tertiary/aromatic N) is 3. The van der Waals surface area contributed by atoms with Crippen molar-refractivity contribution >= 4 is 38.9 Å². The zero-order valence-electron chi connectivity index (χ0n) is 10.5. The van der Waals surface area contributed by atoms with Gasteiger partial charge in [0, 0.05) is 19.0 Å². The quantitative estimate of drug-likeness (QED) is 0.933. The summed E-state index contributed by atoms with van der Waals surface area (Å²) in [7, 11) is 3.89. The first-order chi connectivity index (χ1) is 8.65. The molecule has 0 spiro atoms. The van der Waals surface area contributed by atoms with Gasteiger partial charge < -0.3 is 10.2 Å². The standard InChI is InChI=1S/C12H15BrN4S/c1-8(9-5-4-6-18-9)17(3)12-10(13)11(14-2)15-7-16-12/h4-8H,1-3H3,(H,14,15,16). The van der Waals surface area contributed by atoms with Gasteiger partial charge >= 0.3 is 0 Å². The summed E-state index contributed by atoms with van der Waals surface area (Å²) in [5, 5.41) is 5.13. The van der Waals surface area contributed by atoms with E-state index in [0.717, 1.165) is 16.1 Å². The van der Waals surface area contributed by atoms with Gasteiger partial charge in [0.1, 0.15) is 22.4 Å². The molecule has 2 aromatic heterocycles. The Labute approximate surface area is 119 Å². The van der Waals surface area contributed by atoms with Crippen LogP contribution in [-0.2, 0) is 0 Å². The van der Waals surface area contributed by atoms with Crippen molar-refractivity contribution in [1.29, 1.82) is 0 Å². The Kier molecular flexibility index (Phi) is 4.19. The summed E-state index contributed by atoms with van der Waals surface area (Å²) in [4.78, 5) is 12.0. The van der Waals surface area contributed by atoms with E-state index < -0.39 is 0 Å². The third-order valence-electron chi connectivity index (χ3n) is 2.88. The lowest BCUT2D eigenvalue weighted by atomic mass is 10.2. The number of halogens is 1. The molecule has 0 saturated heterocycles. The van der Waals surface area contributed by atoms with Crippen molar-refractivity contribution in [3.63, 3.8) is 0 Å². The number of aromatic nitrogens is 2. The molecule has 0 bridgehead atoms. The zero-order chi connectivity index (χ0) is 13.1. The zero-order valence-corrected chi connectivity index (χ0v) is 12.9. The summed E-state index contributed by atoms with van der Waals surface area (Å²) in [6.45, 7) is 2.17. The Morgan fingerprint density at radius 3 is 2.83 bits per heavy atom. The Hall–Kier alpha value is -1.14. The fourth-order valence-electron chi connectivity index (χ4n) is 1.68. The lowest BCUT2D eigenvalue weighted by Gasteiger charge is -2.26. The molecule has 0 aliphatic heterocycles. The molecule has 0 aromatic carbocycles. The molecule has 6 heteroatoms. The van der Waals surface area contributed by atoms with E-state index in [2.05, 4.69) is 60.6 Å². The molecule has 0 radical (unpaired) electrons. The van der Waals surface area contributed by atoms with E-state index in [9.17, 15) is 0 Å². The van der Waals surface area contributed by atoms with Crippen LogP contribution in [0.3, 0.4) is 0 Å². The maximum atomic E-state index is 4.35. The number of nitrogens with one attached hydrogen (secondary N) is 1. The highest BCUT2D eigenvalue weighted by molar-refractivity contribution is 9.10. The molecule has 2 rings (SSSR count). The normalized spacial score (nSPS) is 12.2. The number of hydrogen-bond donors (Lipinski definition) is 1. The van der Waals surface area contributed by atoms with Gasteiger partial charge in [-0.25, -0.2) is 9.97 Å². The van der Waals surface area contributed by atoms with Crippen molar-refractivity contribution in [2.24, 2.45) is 0 Å². The highest BCUT2D eigenvalue weighted by Gasteiger charge is 2.18.